The molecule has 0 amide bonds. The third-order valence-electron chi connectivity index (χ3n) is 2.81. The van der Waals surface area contributed by atoms with Crippen molar-refractivity contribution in [3.8, 4) is 0 Å². The van der Waals surface area contributed by atoms with Crippen LogP contribution in [-0.4, -0.2) is 0 Å². The van der Waals surface area contributed by atoms with E-state index in [1.54, 1.807) is 0 Å². The minimum Gasteiger partial charge on any atom is -0.399 e. The Bertz CT molecular complexity index is 517. The Balaban J connectivity index is 2.15. The second kappa shape index (κ2) is 4.80. The summed E-state index contributed by atoms with van der Waals surface area (Å²) in [7, 11) is 0. The molecule has 2 nitrogen and oxygen atoms in total. The maximum atomic E-state index is 5.75. The number of nitrogens with one attached hydrogen (secondary N) is 1. The molecule has 3 N–H and O–H groups in total. The first-order valence-electron chi connectivity index (χ1n) is 5.75. The zero-order valence-corrected chi connectivity index (χ0v) is 11.3. The molecular formula is C14H18N2S. The van der Waals surface area contributed by atoms with Gasteiger partial charge in [-0.15, -0.1) is 11.3 Å². The van der Waals surface area contributed by atoms with E-state index in [9.17, 15) is 0 Å². The topological polar surface area (TPSA) is 38.0 Å². The average molecular weight is 246 g/mol. The van der Waals surface area contributed by atoms with Gasteiger partial charge in [0.25, 0.3) is 0 Å². The van der Waals surface area contributed by atoms with Crippen LogP contribution in [0.3, 0.4) is 0 Å². The number of hydrogen-bond donors (Lipinski definition) is 2. The van der Waals surface area contributed by atoms with E-state index in [2.05, 4.69) is 38.2 Å². The second-order valence-corrected chi connectivity index (χ2v) is 5.71. The minimum atomic E-state index is 0.330. The summed E-state index contributed by atoms with van der Waals surface area (Å²) in [5, 5.41) is 3.52. The van der Waals surface area contributed by atoms with Crippen LogP contribution in [0.25, 0.3) is 0 Å². The van der Waals surface area contributed by atoms with Crippen LogP contribution in [0.1, 0.15) is 28.3 Å². The molecule has 0 aliphatic rings. The number of benzene rings is 1. The lowest BCUT2D eigenvalue weighted by molar-refractivity contribution is 0.906. The fourth-order valence-corrected chi connectivity index (χ4v) is 2.72. The molecule has 0 aliphatic heterocycles. The van der Waals surface area contributed by atoms with Crippen molar-refractivity contribution in [3.05, 3.63) is 45.6 Å². The third-order valence-corrected chi connectivity index (χ3v) is 3.99. The Morgan fingerprint density at radius 2 is 1.94 bits per heavy atom. The smallest absolute Gasteiger partial charge is 0.0578 e. The minimum absolute atomic E-state index is 0.330. The van der Waals surface area contributed by atoms with E-state index in [1.165, 1.54) is 15.3 Å². The highest BCUT2D eigenvalue weighted by Gasteiger charge is 2.08. The van der Waals surface area contributed by atoms with Crippen molar-refractivity contribution < 1.29 is 0 Å². The van der Waals surface area contributed by atoms with Gasteiger partial charge in [-0.1, -0.05) is 0 Å². The summed E-state index contributed by atoms with van der Waals surface area (Å²) in [5.41, 5.74) is 8.90. The molecule has 2 rings (SSSR count). The summed E-state index contributed by atoms with van der Waals surface area (Å²) < 4.78 is 0. The first-order valence-corrected chi connectivity index (χ1v) is 6.57. The maximum Gasteiger partial charge on any atom is 0.0578 e. The lowest BCUT2D eigenvalue weighted by Crippen LogP contribution is -2.06. The number of rotatable bonds is 3. The highest BCUT2D eigenvalue weighted by Crippen LogP contribution is 2.27. The third kappa shape index (κ3) is 2.80. The number of anilines is 2. The van der Waals surface area contributed by atoms with E-state index in [-0.39, 0.29) is 0 Å². The summed E-state index contributed by atoms with van der Waals surface area (Å²) in [6.07, 6.45) is 0. The number of hydrogen-bond acceptors (Lipinski definition) is 3. The molecule has 0 spiro atoms. The molecule has 0 aliphatic carbocycles. The van der Waals surface area contributed by atoms with Gasteiger partial charge in [0.1, 0.15) is 0 Å². The van der Waals surface area contributed by atoms with Crippen molar-refractivity contribution in [1.29, 1.82) is 0 Å². The van der Waals surface area contributed by atoms with E-state index >= 15 is 0 Å². The van der Waals surface area contributed by atoms with Gasteiger partial charge in [0.15, 0.2) is 0 Å². The van der Waals surface area contributed by atoms with Crippen molar-refractivity contribution in [2.24, 2.45) is 0 Å². The molecule has 0 saturated carbocycles. The molecule has 1 aromatic heterocycles. The molecule has 2 aromatic rings. The van der Waals surface area contributed by atoms with Crippen molar-refractivity contribution in [2.45, 2.75) is 26.8 Å². The van der Waals surface area contributed by atoms with E-state index < -0.39 is 0 Å². The average Bonchev–Trinajstić information content (AvgIpc) is 2.69. The van der Waals surface area contributed by atoms with E-state index in [4.69, 9.17) is 5.73 Å². The Kier molecular flexibility index (Phi) is 3.38. The van der Waals surface area contributed by atoms with Gasteiger partial charge in [-0.05, 0) is 56.7 Å². The van der Waals surface area contributed by atoms with Crippen molar-refractivity contribution in [1.82, 2.24) is 0 Å². The van der Waals surface area contributed by atoms with Crippen molar-refractivity contribution in [2.75, 3.05) is 11.1 Å². The van der Waals surface area contributed by atoms with E-state index in [0.717, 1.165) is 11.4 Å². The quantitative estimate of drug-likeness (QED) is 0.799. The first kappa shape index (κ1) is 12.0. The SMILES string of the molecule is Cc1ccc(C(C)Nc2ccc(N)cc2C)s1. The highest BCUT2D eigenvalue weighted by molar-refractivity contribution is 7.12. The monoisotopic (exact) mass is 246 g/mol. The summed E-state index contributed by atoms with van der Waals surface area (Å²) in [5.74, 6) is 0. The van der Waals surface area contributed by atoms with Gasteiger partial charge in [0.05, 0.1) is 6.04 Å². The highest BCUT2D eigenvalue weighted by atomic mass is 32.1. The normalized spacial score (nSPS) is 12.4. The predicted octanol–water partition coefficient (Wildman–Crippen LogP) is 4.12. The van der Waals surface area contributed by atoms with E-state index in [0.29, 0.717) is 6.04 Å². The molecule has 90 valence electrons. The van der Waals surface area contributed by atoms with Crippen LogP contribution in [0.15, 0.2) is 30.3 Å². The lowest BCUT2D eigenvalue weighted by Gasteiger charge is -2.16. The van der Waals surface area contributed by atoms with Crippen molar-refractivity contribution in [3.63, 3.8) is 0 Å². The Labute approximate surface area is 106 Å². The van der Waals surface area contributed by atoms with Gasteiger partial charge in [-0.25, -0.2) is 0 Å². The predicted molar refractivity (Wildman–Crippen MR) is 76.7 cm³/mol. The van der Waals surface area contributed by atoms with E-state index in [1.807, 2.05) is 29.5 Å². The van der Waals surface area contributed by atoms with Crippen LogP contribution in [0.2, 0.25) is 0 Å². The standard InChI is InChI=1S/C14H18N2S/c1-9-8-12(15)5-6-13(9)16-11(3)14-7-4-10(2)17-14/h4-8,11,16H,15H2,1-3H3. The molecule has 0 saturated heterocycles. The molecular weight excluding hydrogens is 228 g/mol. The fraction of sp³-hybridized carbons (Fsp3) is 0.286. The molecule has 3 heteroatoms. The zero-order chi connectivity index (χ0) is 12.4. The Morgan fingerprint density at radius 1 is 1.18 bits per heavy atom. The largest absolute Gasteiger partial charge is 0.399 e. The summed E-state index contributed by atoms with van der Waals surface area (Å²) in [4.78, 5) is 2.71. The van der Waals surface area contributed by atoms with Gasteiger partial charge in [-0.3, -0.25) is 0 Å². The fourth-order valence-electron chi connectivity index (χ4n) is 1.84. The first-order chi connectivity index (χ1) is 8.06. The molecule has 1 heterocycles. The summed E-state index contributed by atoms with van der Waals surface area (Å²) in [6, 6.07) is 10.6. The molecule has 17 heavy (non-hydrogen) atoms. The maximum absolute atomic E-state index is 5.75. The Hall–Kier alpha value is -1.48. The van der Waals surface area contributed by atoms with Gasteiger partial charge in [0.2, 0.25) is 0 Å². The van der Waals surface area contributed by atoms with Crippen molar-refractivity contribution >= 4 is 22.7 Å². The van der Waals surface area contributed by atoms with Gasteiger partial charge in [-0.2, -0.15) is 0 Å². The summed E-state index contributed by atoms with van der Waals surface area (Å²) in [6.45, 7) is 6.39. The van der Waals surface area contributed by atoms with Crippen LogP contribution < -0.4 is 11.1 Å². The molecule has 1 unspecified atom stereocenters. The molecule has 0 fully saturated rings. The van der Waals surface area contributed by atoms with Crippen LogP contribution in [0, 0.1) is 13.8 Å². The van der Waals surface area contributed by atoms with Crippen LogP contribution in [-0.2, 0) is 0 Å². The van der Waals surface area contributed by atoms with Gasteiger partial charge in [0, 0.05) is 21.1 Å². The zero-order valence-electron chi connectivity index (χ0n) is 10.4. The van der Waals surface area contributed by atoms with Crippen LogP contribution in [0.4, 0.5) is 11.4 Å². The summed E-state index contributed by atoms with van der Waals surface area (Å²) >= 11 is 1.84. The van der Waals surface area contributed by atoms with Gasteiger partial charge < -0.3 is 11.1 Å². The second-order valence-electron chi connectivity index (χ2n) is 4.39. The Morgan fingerprint density at radius 3 is 2.53 bits per heavy atom. The number of nitrogens with two attached hydrogens (primary N) is 1. The number of aryl methyl sites for hydroxylation is 2. The number of thiophene rings is 1. The lowest BCUT2D eigenvalue weighted by atomic mass is 10.1. The number of nitrogen functional groups attached to an aromatic ring is 1. The molecule has 0 radical (unpaired) electrons. The van der Waals surface area contributed by atoms with Gasteiger partial charge >= 0.3 is 0 Å². The molecule has 1 atom stereocenters. The van der Waals surface area contributed by atoms with Crippen LogP contribution >= 0.6 is 11.3 Å². The molecule has 1 aromatic carbocycles. The van der Waals surface area contributed by atoms with Crippen LogP contribution in [0.5, 0.6) is 0 Å². The molecule has 0 bridgehead atoms.